The Balaban J connectivity index is 1.39. The summed E-state index contributed by atoms with van der Waals surface area (Å²) in [5, 5.41) is 53.7. The van der Waals surface area contributed by atoms with Crippen molar-refractivity contribution >= 4 is 23.2 Å². The third-order valence-electron chi connectivity index (χ3n) is 14.0. The second kappa shape index (κ2) is 21.8. The van der Waals surface area contributed by atoms with Crippen molar-refractivity contribution < 1.29 is 39.1 Å². The monoisotopic (exact) mass is 1030 g/mol. The standard InChI is InChI=1S/C62H72N4O10/c1-59(2,3)47-29-39-25-43-33-49(61(7,8)9)35-45(55(43)75-23-21-63-57(69)37-13-17-51(18-14-37)65(71)72)27-41-31-48(60(4,5)6)32-42(54(41)68)28-46-36-50(62(10,11)12)34-44(26-40(30-47)53(39)67)56(46)76-24-22-64-58(70)38-15-19-52(20-16-38)66(73)74/h13-20,29-36,67-68H,21-28H2,1-12H3,(H,63,69)(H,64,70). The fourth-order valence-electron chi connectivity index (χ4n) is 9.33. The molecule has 1 aliphatic carbocycles. The third kappa shape index (κ3) is 13.2. The van der Waals surface area contributed by atoms with Crippen molar-refractivity contribution in [2.45, 2.75) is 130 Å². The van der Waals surface area contributed by atoms with Crippen LogP contribution in [-0.4, -0.2) is 58.2 Å². The molecule has 0 radical (unpaired) electrons. The summed E-state index contributed by atoms with van der Waals surface area (Å²) in [5.74, 6) is 0.596. The van der Waals surface area contributed by atoms with Gasteiger partial charge in [0.05, 0.1) is 22.9 Å². The van der Waals surface area contributed by atoms with Crippen molar-refractivity contribution in [3.05, 3.63) is 195 Å². The number of hydrogen-bond acceptors (Lipinski definition) is 10. The van der Waals surface area contributed by atoms with Gasteiger partial charge in [-0.2, -0.15) is 0 Å². The van der Waals surface area contributed by atoms with Gasteiger partial charge in [-0.25, -0.2) is 0 Å². The Morgan fingerprint density at radius 1 is 0.447 bits per heavy atom. The summed E-state index contributed by atoms with van der Waals surface area (Å²) in [6.45, 7) is 26.1. The minimum atomic E-state index is -0.515. The van der Waals surface area contributed by atoms with E-state index in [0.29, 0.717) is 33.8 Å². The van der Waals surface area contributed by atoms with Crippen LogP contribution in [0.3, 0.4) is 0 Å². The number of rotatable bonds is 12. The van der Waals surface area contributed by atoms with Gasteiger partial charge in [-0.15, -0.1) is 0 Å². The number of nitrogens with one attached hydrogen (secondary N) is 2. The molecule has 0 aliphatic heterocycles. The van der Waals surface area contributed by atoms with Gasteiger partial charge in [0.2, 0.25) is 0 Å². The minimum absolute atomic E-state index is 0.0698. The zero-order chi connectivity index (χ0) is 55.7. The Kier molecular flexibility index (Phi) is 16.1. The van der Waals surface area contributed by atoms with Gasteiger partial charge in [0.1, 0.15) is 36.2 Å². The number of benzene rings is 6. The average molecular weight is 1030 g/mol. The molecule has 2 amide bonds. The number of carbonyl (C=O) groups excluding carboxylic acids is 2. The first-order valence-electron chi connectivity index (χ1n) is 25.8. The molecule has 0 spiro atoms. The number of nitro groups is 2. The van der Waals surface area contributed by atoms with Gasteiger partial charge in [-0.3, -0.25) is 29.8 Å². The molecule has 400 valence electrons. The van der Waals surface area contributed by atoms with Gasteiger partial charge >= 0.3 is 0 Å². The highest BCUT2D eigenvalue weighted by molar-refractivity contribution is 5.95. The van der Waals surface area contributed by atoms with Crippen LogP contribution >= 0.6 is 0 Å². The summed E-state index contributed by atoms with van der Waals surface area (Å²) in [6, 6.07) is 27.6. The molecule has 0 fully saturated rings. The lowest BCUT2D eigenvalue weighted by molar-refractivity contribution is -0.385. The van der Waals surface area contributed by atoms with E-state index in [1.165, 1.54) is 48.5 Å². The molecule has 0 heterocycles. The fourth-order valence-corrected chi connectivity index (χ4v) is 9.33. The Bertz CT molecular complexity index is 2880. The van der Waals surface area contributed by atoms with Crippen molar-refractivity contribution in [1.29, 1.82) is 0 Å². The molecule has 4 N–H and O–H groups in total. The van der Waals surface area contributed by atoms with Crippen molar-refractivity contribution in [3.63, 3.8) is 0 Å². The van der Waals surface area contributed by atoms with E-state index in [1.807, 2.05) is 0 Å². The van der Waals surface area contributed by atoms with Crippen LogP contribution in [0, 0.1) is 20.2 Å². The van der Waals surface area contributed by atoms with E-state index >= 15 is 0 Å². The van der Waals surface area contributed by atoms with E-state index in [2.05, 4.69) is 142 Å². The van der Waals surface area contributed by atoms with Crippen LogP contribution in [0.2, 0.25) is 0 Å². The molecule has 14 nitrogen and oxygen atoms in total. The smallest absolute Gasteiger partial charge is 0.269 e. The molecule has 8 bridgehead atoms. The largest absolute Gasteiger partial charge is 0.507 e. The SMILES string of the molecule is CC(C)(C)c1cc2c(O)c(c1)Cc1cc(C(C)(C)C)cc(c1OCCNC(=O)c1ccc([N+](=O)[O-])cc1)Cc1cc(C(C)(C)C)cc(c1O)Cc1cc(C(C)(C)C)cc(c1OCCNC(=O)c1ccc([N+](=O)[O-])cc1)C2. The van der Waals surface area contributed by atoms with Gasteiger partial charge < -0.3 is 30.3 Å². The van der Waals surface area contributed by atoms with Gasteiger partial charge in [0, 0.05) is 61.1 Å². The van der Waals surface area contributed by atoms with Crippen molar-refractivity contribution in [1.82, 2.24) is 10.6 Å². The first-order chi connectivity index (χ1) is 35.5. The number of phenolic OH excluding ortho intramolecular Hbond substituents is 2. The Morgan fingerprint density at radius 2 is 0.684 bits per heavy atom. The maximum Gasteiger partial charge on any atom is 0.269 e. The van der Waals surface area contributed by atoms with Crippen LogP contribution in [0.1, 0.15) is 171 Å². The van der Waals surface area contributed by atoms with Crippen molar-refractivity contribution in [3.8, 4) is 23.0 Å². The summed E-state index contributed by atoms with van der Waals surface area (Å²) in [5.41, 5.74) is 9.10. The zero-order valence-corrected chi connectivity index (χ0v) is 45.9. The van der Waals surface area contributed by atoms with E-state index in [-0.39, 0.29) is 108 Å². The van der Waals surface area contributed by atoms with Crippen LogP contribution in [-0.2, 0) is 47.3 Å². The van der Waals surface area contributed by atoms with Crippen LogP contribution in [0.4, 0.5) is 11.4 Å². The van der Waals surface area contributed by atoms with E-state index in [0.717, 1.165) is 44.5 Å². The topological polar surface area (TPSA) is 203 Å². The Hall–Kier alpha value is -7.74. The number of nitrogens with zero attached hydrogens (tertiary/aromatic N) is 2. The highest BCUT2D eigenvalue weighted by Crippen LogP contribution is 2.44. The third-order valence-corrected chi connectivity index (χ3v) is 14.0. The first-order valence-corrected chi connectivity index (χ1v) is 25.8. The number of aromatic hydroxyl groups is 2. The highest BCUT2D eigenvalue weighted by atomic mass is 16.6. The molecule has 14 heteroatoms. The number of phenols is 2. The van der Waals surface area contributed by atoms with E-state index in [4.69, 9.17) is 9.47 Å². The molecule has 1 aliphatic rings. The van der Waals surface area contributed by atoms with Crippen LogP contribution in [0.25, 0.3) is 0 Å². The predicted molar refractivity (Wildman–Crippen MR) is 297 cm³/mol. The average Bonchev–Trinajstić information content (AvgIpc) is 3.33. The second-order valence-corrected chi connectivity index (χ2v) is 24.1. The lowest BCUT2D eigenvalue weighted by Gasteiger charge is -2.28. The maximum absolute atomic E-state index is 13.2. The summed E-state index contributed by atoms with van der Waals surface area (Å²) in [6.07, 6.45) is 1.09. The number of amides is 2. The van der Waals surface area contributed by atoms with E-state index < -0.39 is 21.7 Å². The first kappa shape index (κ1) is 56.0. The van der Waals surface area contributed by atoms with Gasteiger partial charge in [0.25, 0.3) is 23.2 Å². The number of fused-ring (bicyclic) bond motifs is 8. The van der Waals surface area contributed by atoms with Crippen molar-refractivity contribution in [2.24, 2.45) is 0 Å². The van der Waals surface area contributed by atoms with E-state index in [9.17, 15) is 40.0 Å². The minimum Gasteiger partial charge on any atom is -0.507 e. The zero-order valence-electron chi connectivity index (χ0n) is 45.9. The Labute approximate surface area is 446 Å². The molecule has 7 rings (SSSR count). The lowest BCUT2D eigenvalue weighted by atomic mass is 9.79. The molecule has 76 heavy (non-hydrogen) atoms. The summed E-state index contributed by atoms with van der Waals surface area (Å²) in [7, 11) is 0. The molecular formula is C62H72N4O10. The number of hydrogen-bond donors (Lipinski definition) is 4. The summed E-state index contributed by atoms with van der Waals surface area (Å²) >= 11 is 0. The van der Waals surface area contributed by atoms with Gasteiger partial charge in [-0.05, 0) is 113 Å². The molecule has 0 unspecified atom stereocenters. The lowest BCUT2D eigenvalue weighted by Crippen LogP contribution is -2.28. The van der Waals surface area contributed by atoms with E-state index in [1.54, 1.807) is 0 Å². The number of non-ortho nitro benzene ring substituents is 2. The van der Waals surface area contributed by atoms with Crippen molar-refractivity contribution in [2.75, 3.05) is 26.3 Å². The normalized spacial score (nSPS) is 12.9. The van der Waals surface area contributed by atoms with Crippen LogP contribution in [0.5, 0.6) is 23.0 Å². The second-order valence-electron chi connectivity index (χ2n) is 24.1. The number of carbonyl (C=O) groups is 2. The molecule has 0 saturated heterocycles. The van der Waals surface area contributed by atoms with Gasteiger partial charge in [0.15, 0.2) is 0 Å². The highest BCUT2D eigenvalue weighted by Gasteiger charge is 2.29. The summed E-state index contributed by atoms with van der Waals surface area (Å²) in [4.78, 5) is 48.0. The maximum atomic E-state index is 13.2. The van der Waals surface area contributed by atoms with Crippen LogP contribution < -0.4 is 20.1 Å². The number of nitro benzene ring substituents is 2. The molecule has 0 aromatic heterocycles. The molecule has 6 aromatic carbocycles. The van der Waals surface area contributed by atoms with Gasteiger partial charge in [-0.1, -0.05) is 132 Å². The molecular weight excluding hydrogens is 961 g/mol. The number of ether oxygens (including phenoxy) is 2. The Morgan fingerprint density at radius 3 is 0.908 bits per heavy atom. The fraction of sp³-hybridized carbons (Fsp3) is 0.387. The predicted octanol–water partition coefficient (Wildman–Crippen LogP) is 12.4. The quantitative estimate of drug-likeness (QED) is 0.0518. The molecule has 0 saturated carbocycles. The summed E-state index contributed by atoms with van der Waals surface area (Å²) < 4.78 is 13.6. The van der Waals surface area contributed by atoms with Crippen LogP contribution in [0.15, 0.2) is 97.1 Å². The molecule has 6 aromatic rings. The molecule has 0 atom stereocenters.